The molecular formula is C29H35F3O8S. The minimum Gasteiger partial charge on any atom is -0.507 e. The van der Waals surface area contributed by atoms with Gasteiger partial charge in [-0.1, -0.05) is 54.7 Å². The van der Waals surface area contributed by atoms with Crippen molar-refractivity contribution in [2.45, 2.75) is 47.1 Å². The highest BCUT2D eigenvalue weighted by atomic mass is 32.2. The van der Waals surface area contributed by atoms with Crippen molar-refractivity contribution in [2.75, 3.05) is 14.2 Å². The SMILES string of the molecule is C=C(c1cc(C(=O)OC)ccc1O)C(C)(C)C.C=C(c1cc(C(=O)OC)ccc1OS(=O)(=O)C(F)(F)F)C(C)(C)C. The highest BCUT2D eigenvalue weighted by Crippen LogP contribution is 2.40. The fraction of sp³-hybridized carbons (Fsp3) is 0.379. The van der Waals surface area contributed by atoms with Crippen LogP contribution in [0.1, 0.15) is 73.4 Å². The number of carbonyl (C=O) groups is 2. The van der Waals surface area contributed by atoms with Crippen LogP contribution < -0.4 is 4.18 Å². The third kappa shape index (κ3) is 9.10. The molecule has 0 spiro atoms. The van der Waals surface area contributed by atoms with E-state index in [1.165, 1.54) is 25.3 Å². The maximum absolute atomic E-state index is 12.5. The average Bonchev–Trinajstić information content (AvgIpc) is 2.85. The van der Waals surface area contributed by atoms with Crippen molar-refractivity contribution in [3.05, 3.63) is 71.8 Å². The normalized spacial score (nSPS) is 12.0. The number of halogens is 3. The Morgan fingerprint density at radius 3 is 1.54 bits per heavy atom. The Bertz CT molecular complexity index is 1430. The lowest BCUT2D eigenvalue weighted by molar-refractivity contribution is -0.0500. The van der Waals surface area contributed by atoms with Crippen molar-refractivity contribution in [1.29, 1.82) is 0 Å². The highest BCUT2D eigenvalue weighted by molar-refractivity contribution is 7.88. The van der Waals surface area contributed by atoms with Crippen molar-refractivity contribution >= 4 is 33.2 Å². The topological polar surface area (TPSA) is 116 Å². The molecule has 0 aliphatic rings. The van der Waals surface area contributed by atoms with E-state index in [4.69, 9.17) is 0 Å². The number of carbonyl (C=O) groups excluding carboxylic acids is 2. The van der Waals surface area contributed by atoms with E-state index in [9.17, 15) is 36.3 Å². The third-order valence-electron chi connectivity index (χ3n) is 5.76. The Balaban J connectivity index is 0.000000435. The van der Waals surface area contributed by atoms with Crippen LogP contribution in [0.3, 0.4) is 0 Å². The van der Waals surface area contributed by atoms with Crippen LogP contribution >= 0.6 is 0 Å². The standard InChI is InChI=1S/C15H17F3O5S.C14H18O3/c1-9(14(2,3)4)11-8-10(13(19)22-5)6-7-12(11)23-24(20,21)15(16,17)18;1-9(14(2,3)4)11-8-10(13(16)17-5)6-7-12(11)15/h6-8H,1H2,2-5H3;6-8,15H,1H2,2-5H3. The summed E-state index contributed by atoms with van der Waals surface area (Å²) >= 11 is 0. The summed E-state index contributed by atoms with van der Waals surface area (Å²) in [5, 5.41) is 9.81. The fourth-order valence-corrected chi connectivity index (χ4v) is 3.56. The molecule has 12 heteroatoms. The van der Waals surface area contributed by atoms with Gasteiger partial charge in [-0.05, 0) is 58.4 Å². The summed E-state index contributed by atoms with van der Waals surface area (Å²) in [6.45, 7) is 18.9. The number of phenolic OH excluding ortho intramolecular Hbond substituents is 1. The number of methoxy groups -OCH3 is 2. The van der Waals surface area contributed by atoms with E-state index in [0.29, 0.717) is 16.7 Å². The van der Waals surface area contributed by atoms with Crippen LogP contribution in [-0.2, 0) is 19.6 Å². The number of hydrogen-bond donors (Lipinski definition) is 1. The first-order chi connectivity index (χ1) is 18.5. The molecule has 0 aromatic heterocycles. The van der Waals surface area contributed by atoms with Gasteiger partial charge in [-0.15, -0.1) is 0 Å². The van der Waals surface area contributed by atoms with E-state index < -0.39 is 38.7 Å². The maximum Gasteiger partial charge on any atom is 0.534 e. The molecule has 41 heavy (non-hydrogen) atoms. The molecule has 226 valence electrons. The van der Waals surface area contributed by atoms with Gasteiger partial charge in [0.15, 0.2) is 0 Å². The minimum absolute atomic E-state index is 0.0228. The molecule has 0 saturated heterocycles. The van der Waals surface area contributed by atoms with E-state index in [1.807, 2.05) is 20.8 Å². The van der Waals surface area contributed by atoms with E-state index in [0.717, 1.165) is 24.8 Å². The Morgan fingerprint density at radius 2 is 1.15 bits per heavy atom. The largest absolute Gasteiger partial charge is 0.534 e. The summed E-state index contributed by atoms with van der Waals surface area (Å²) in [6, 6.07) is 7.86. The second kappa shape index (κ2) is 12.8. The Kier molecular flexibility index (Phi) is 11.0. The van der Waals surface area contributed by atoms with Crippen LogP contribution in [0.15, 0.2) is 49.6 Å². The van der Waals surface area contributed by atoms with Gasteiger partial charge in [0.05, 0.1) is 25.3 Å². The first kappa shape index (κ1) is 35.2. The van der Waals surface area contributed by atoms with Gasteiger partial charge in [-0.3, -0.25) is 0 Å². The molecule has 2 aromatic carbocycles. The van der Waals surface area contributed by atoms with Gasteiger partial charge in [0.25, 0.3) is 0 Å². The third-order valence-corrected chi connectivity index (χ3v) is 6.73. The van der Waals surface area contributed by atoms with Gasteiger partial charge in [-0.25, -0.2) is 9.59 Å². The second-order valence-electron chi connectivity index (χ2n) is 10.9. The van der Waals surface area contributed by atoms with Gasteiger partial charge < -0.3 is 18.8 Å². The molecule has 0 unspecified atom stereocenters. The quantitative estimate of drug-likeness (QED) is 0.214. The van der Waals surface area contributed by atoms with Crippen LogP contribution in [0.2, 0.25) is 0 Å². The molecule has 0 aliphatic carbocycles. The minimum atomic E-state index is -5.85. The predicted octanol–water partition coefficient (Wildman–Crippen LogP) is 7.00. The van der Waals surface area contributed by atoms with Gasteiger partial charge in [-0.2, -0.15) is 21.6 Å². The highest BCUT2D eigenvalue weighted by Gasteiger charge is 2.49. The molecule has 0 heterocycles. The van der Waals surface area contributed by atoms with E-state index >= 15 is 0 Å². The van der Waals surface area contributed by atoms with Gasteiger partial charge in [0.1, 0.15) is 11.5 Å². The number of hydrogen-bond acceptors (Lipinski definition) is 8. The summed E-state index contributed by atoms with van der Waals surface area (Å²) < 4.78 is 73.5. The molecule has 2 aromatic rings. The first-order valence-electron chi connectivity index (χ1n) is 12.0. The van der Waals surface area contributed by atoms with Gasteiger partial charge >= 0.3 is 27.6 Å². The summed E-state index contributed by atoms with van der Waals surface area (Å²) in [6.07, 6.45) is 0. The molecule has 0 fully saturated rings. The smallest absolute Gasteiger partial charge is 0.507 e. The van der Waals surface area contributed by atoms with Crippen LogP contribution in [-0.4, -0.2) is 45.2 Å². The molecule has 0 aliphatic heterocycles. The first-order valence-corrected chi connectivity index (χ1v) is 13.4. The van der Waals surface area contributed by atoms with Crippen molar-refractivity contribution in [3.8, 4) is 11.5 Å². The number of aromatic hydroxyl groups is 1. The molecular weight excluding hydrogens is 565 g/mol. The number of alkyl halides is 3. The maximum atomic E-state index is 12.5. The zero-order valence-corrected chi connectivity index (χ0v) is 25.0. The number of ether oxygens (including phenoxy) is 2. The lowest BCUT2D eigenvalue weighted by atomic mass is 9.82. The van der Waals surface area contributed by atoms with Crippen LogP contribution in [0.5, 0.6) is 11.5 Å². The fourth-order valence-electron chi connectivity index (χ4n) is 3.08. The number of rotatable bonds is 6. The zero-order chi connectivity index (χ0) is 32.1. The van der Waals surface area contributed by atoms with Crippen molar-refractivity contribution < 1.29 is 49.9 Å². The number of benzene rings is 2. The van der Waals surface area contributed by atoms with E-state index in [2.05, 4.69) is 26.8 Å². The number of allylic oxidation sites excluding steroid dienone is 2. The average molecular weight is 601 g/mol. The van der Waals surface area contributed by atoms with Crippen molar-refractivity contribution in [2.24, 2.45) is 10.8 Å². The Morgan fingerprint density at radius 1 is 0.756 bits per heavy atom. The Hall–Kier alpha value is -3.80. The molecule has 8 nitrogen and oxygen atoms in total. The predicted molar refractivity (Wildman–Crippen MR) is 150 cm³/mol. The lowest BCUT2D eigenvalue weighted by Crippen LogP contribution is -2.28. The van der Waals surface area contributed by atoms with E-state index in [-0.39, 0.29) is 22.3 Å². The molecule has 1 N–H and O–H groups in total. The summed E-state index contributed by atoms with van der Waals surface area (Å²) in [4.78, 5) is 23.0. The summed E-state index contributed by atoms with van der Waals surface area (Å²) in [5.74, 6) is -1.60. The van der Waals surface area contributed by atoms with Crippen LogP contribution in [0.4, 0.5) is 13.2 Å². The molecule has 0 bridgehead atoms. The van der Waals surface area contributed by atoms with E-state index in [1.54, 1.807) is 26.8 Å². The van der Waals surface area contributed by atoms with Crippen LogP contribution in [0, 0.1) is 10.8 Å². The molecule has 0 atom stereocenters. The van der Waals surface area contributed by atoms with Crippen LogP contribution in [0.25, 0.3) is 11.1 Å². The molecule has 0 radical (unpaired) electrons. The van der Waals surface area contributed by atoms with Crippen molar-refractivity contribution in [1.82, 2.24) is 0 Å². The monoisotopic (exact) mass is 600 g/mol. The second-order valence-corrected chi connectivity index (χ2v) is 12.4. The summed E-state index contributed by atoms with van der Waals surface area (Å²) in [5.41, 5.74) is -4.31. The van der Waals surface area contributed by atoms with Gasteiger partial charge in [0.2, 0.25) is 0 Å². The molecule has 0 saturated carbocycles. The lowest BCUT2D eigenvalue weighted by Gasteiger charge is -2.24. The molecule has 2 rings (SSSR count). The van der Waals surface area contributed by atoms with Gasteiger partial charge in [0, 0.05) is 11.1 Å². The Labute approximate surface area is 238 Å². The summed E-state index contributed by atoms with van der Waals surface area (Å²) in [7, 11) is -3.38. The zero-order valence-electron chi connectivity index (χ0n) is 24.2. The number of esters is 2. The number of phenols is 1. The molecule has 0 amide bonds. The van der Waals surface area contributed by atoms with Crippen molar-refractivity contribution in [3.63, 3.8) is 0 Å².